The molecule has 80 valence electrons. The molecule has 0 bridgehead atoms. The minimum absolute atomic E-state index is 0.634. The van der Waals surface area contributed by atoms with Crippen LogP contribution in [0.3, 0.4) is 0 Å². The van der Waals surface area contributed by atoms with E-state index >= 15 is 0 Å². The first kappa shape index (κ1) is 10.6. The highest BCUT2D eigenvalue weighted by Gasteiger charge is 1.92. The Bertz CT molecular complexity index is 475. The van der Waals surface area contributed by atoms with E-state index in [2.05, 4.69) is 29.0 Å². The summed E-state index contributed by atoms with van der Waals surface area (Å²) in [7, 11) is 0. The van der Waals surface area contributed by atoms with Crippen LogP contribution in [0.25, 0.3) is 0 Å². The highest BCUT2D eigenvalue weighted by molar-refractivity contribution is 5.81. The Hall–Kier alpha value is -1.96. The maximum Gasteiger partial charge on any atom is 0.0811 e. The summed E-state index contributed by atoms with van der Waals surface area (Å²) in [5, 5.41) is 0. The maximum absolute atomic E-state index is 4.39. The van der Waals surface area contributed by atoms with Crippen LogP contribution < -0.4 is 0 Å². The lowest BCUT2D eigenvalue weighted by Gasteiger charge is -1.98. The molecule has 0 aliphatic carbocycles. The standard InChI is InChI=1S/C14H14N2/c1-12-6-2-3-7-13(12)10-15-11-14-8-4-5-9-16-14/h2-10H,11H2,1H3. The first-order valence-electron chi connectivity index (χ1n) is 5.31. The molecule has 2 rings (SSSR count). The topological polar surface area (TPSA) is 25.2 Å². The SMILES string of the molecule is Cc1ccccc1C=NCc1ccccn1. The molecule has 1 heterocycles. The van der Waals surface area contributed by atoms with E-state index in [4.69, 9.17) is 0 Å². The van der Waals surface area contributed by atoms with Crippen molar-refractivity contribution in [2.24, 2.45) is 4.99 Å². The quantitative estimate of drug-likeness (QED) is 0.715. The Balaban J connectivity index is 2.03. The van der Waals surface area contributed by atoms with Gasteiger partial charge in [-0.15, -0.1) is 0 Å². The van der Waals surface area contributed by atoms with Crippen LogP contribution in [-0.2, 0) is 6.54 Å². The molecular formula is C14H14N2. The molecule has 0 saturated carbocycles. The van der Waals surface area contributed by atoms with E-state index < -0.39 is 0 Å². The van der Waals surface area contributed by atoms with E-state index in [-0.39, 0.29) is 0 Å². The average Bonchev–Trinajstić information content (AvgIpc) is 2.33. The van der Waals surface area contributed by atoms with Crippen molar-refractivity contribution in [1.82, 2.24) is 4.98 Å². The summed E-state index contributed by atoms with van der Waals surface area (Å²) < 4.78 is 0. The molecule has 0 atom stereocenters. The molecule has 16 heavy (non-hydrogen) atoms. The number of hydrogen-bond acceptors (Lipinski definition) is 2. The lowest BCUT2D eigenvalue weighted by atomic mass is 10.1. The molecule has 0 spiro atoms. The number of hydrogen-bond donors (Lipinski definition) is 0. The fourth-order valence-corrected chi connectivity index (χ4v) is 1.46. The van der Waals surface area contributed by atoms with E-state index in [9.17, 15) is 0 Å². The van der Waals surface area contributed by atoms with Crippen LogP contribution in [0.2, 0.25) is 0 Å². The lowest BCUT2D eigenvalue weighted by Crippen LogP contribution is -1.89. The van der Waals surface area contributed by atoms with Crippen LogP contribution in [0, 0.1) is 6.92 Å². The van der Waals surface area contributed by atoms with Gasteiger partial charge < -0.3 is 0 Å². The van der Waals surface area contributed by atoms with Crippen molar-refractivity contribution in [3.63, 3.8) is 0 Å². The Labute approximate surface area is 95.7 Å². The van der Waals surface area contributed by atoms with Crippen LogP contribution in [-0.4, -0.2) is 11.2 Å². The highest BCUT2D eigenvalue weighted by atomic mass is 14.8. The second-order valence-corrected chi connectivity index (χ2v) is 3.65. The van der Waals surface area contributed by atoms with Gasteiger partial charge in [-0.05, 0) is 30.2 Å². The zero-order chi connectivity index (χ0) is 11.2. The number of aromatic nitrogens is 1. The third-order valence-corrected chi connectivity index (χ3v) is 2.40. The first-order valence-corrected chi connectivity index (χ1v) is 5.31. The Morgan fingerprint density at radius 3 is 2.69 bits per heavy atom. The Morgan fingerprint density at radius 2 is 1.94 bits per heavy atom. The third kappa shape index (κ3) is 2.76. The third-order valence-electron chi connectivity index (χ3n) is 2.40. The fourth-order valence-electron chi connectivity index (χ4n) is 1.46. The van der Waals surface area contributed by atoms with Crippen molar-refractivity contribution >= 4 is 6.21 Å². The predicted molar refractivity (Wildman–Crippen MR) is 66.7 cm³/mol. The summed E-state index contributed by atoms with van der Waals surface area (Å²) in [5.74, 6) is 0. The molecule has 0 aliphatic rings. The van der Waals surface area contributed by atoms with Gasteiger partial charge in [0.05, 0.1) is 12.2 Å². The molecule has 0 amide bonds. The summed E-state index contributed by atoms with van der Waals surface area (Å²) in [6.45, 7) is 2.72. The summed E-state index contributed by atoms with van der Waals surface area (Å²) >= 11 is 0. The highest BCUT2D eigenvalue weighted by Crippen LogP contribution is 2.04. The molecule has 1 aromatic carbocycles. The van der Waals surface area contributed by atoms with Gasteiger partial charge >= 0.3 is 0 Å². The first-order chi connectivity index (χ1) is 7.86. The van der Waals surface area contributed by atoms with Crippen molar-refractivity contribution in [1.29, 1.82) is 0 Å². The number of aliphatic imine (C=N–C) groups is 1. The number of rotatable bonds is 3. The number of nitrogens with zero attached hydrogens (tertiary/aromatic N) is 2. The number of aryl methyl sites for hydroxylation is 1. The maximum atomic E-state index is 4.39. The van der Waals surface area contributed by atoms with Gasteiger partial charge in [0.2, 0.25) is 0 Å². The van der Waals surface area contributed by atoms with Crippen LogP contribution in [0.5, 0.6) is 0 Å². The van der Waals surface area contributed by atoms with E-state index in [1.807, 2.05) is 36.5 Å². The second kappa shape index (κ2) is 5.21. The summed E-state index contributed by atoms with van der Waals surface area (Å²) in [5.41, 5.74) is 3.40. The van der Waals surface area contributed by atoms with Crippen molar-refractivity contribution in [3.8, 4) is 0 Å². The zero-order valence-electron chi connectivity index (χ0n) is 9.30. The minimum Gasteiger partial charge on any atom is -0.286 e. The molecule has 0 aliphatic heterocycles. The van der Waals surface area contributed by atoms with Crippen molar-refractivity contribution < 1.29 is 0 Å². The Kier molecular flexibility index (Phi) is 3.44. The predicted octanol–water partition coefficient (Wildman–Crippen LogP) is 3.01. The van der Waals surface area contributed by atoms with Gasteiger partial charge in [0.15, 0.2) is 0 Å². The van der Waals surface area contributed by atoms with Crippen molar-refractivity contribution in [3.05, 3.63) is 65.5 Å². The van der Waals surface area contributed by atoms with Gasteiger partial charge in [-0.1, -0.05) is 30.3 Å². The van der Waals surface area contributed by atoms with Gasteiger partial charge in [0, 0.05) is 12.4 Å². The monoisotopic (exact) mass is 210 g/mol. The number of pyridine rings is 1. The molecule has 2 nitrogen and oxygen atoms in total. The molecule has 0 N–H and O–H groups in total. The van der Waals surface area contributed by atoms with Crippen LogP contribution in [0.4, 0.5) is 0 Å². The van der Waals surface area contributed by atoms with E-state index in [0.29, 0.717) is 6.54 Å². The summed E-state index contributed by atoms with van der Waals surface area (Å²) in [6.07, 6.45) is 3.70. The molecule has 1 aromatic heterocycles. The molecule has 0 unspecified atom stereocenters. The normalized spacial score (nSPS) is 10.8. The van der Waals surface area contributed by atoms with Crippen molar-refractivity contribution in [2.75, 3.05) is 0 Å². The molecule has 2 heteroatoms. The molecule has 0 fully saturated rings. The Morgan fingerprint density at radius 1 is 1.12 bits per heavy atom. The van der Waals surface area contributed by atoms with Gasteiger partial charge in [-0.25, -0.2) is 0 Å². The fraction of sp³-hybridized carbons (Fsp3) is 0.143. The lowest BCUT2D eigenvalue weighted by molar-refractivity contribution is 0.995. The molecule has 0 radical (unpaired) electrons. The van der Waals surface area contributed by atoms with Crippen LogP contribution >= 0.6 is 0 Å². The largest absolute Gasteiger partial charge is 0.286 e. The van der Waals surface area contributed by atoms with Gasteiger partial charge in [-0.2, -0.15) is 0 Å². The van der Waals surface area contributed by atoms with Crippen LogP contribution in [0.1, 0.15) is 16.8 Å². The van der Waals surface area contributed by atoms with Gasteiger partial charge in [-0.3, -0.25) is 9.98 Å². The summed E-state index contributed by atoms with van der Waals surface area (Å²) in [4.78, 5) is 8.60. The van der Waals surface area contributed by atoms with Gasteiger partial charge in [0.25, 0.3) is 0 Å². The smallest absolute Gasteiger partial charge is 0.0811 e. The van der Waals surface area contributed by atoms with E-state index in [0.717, 1.165) is 5.69 Å². The van der Waals surface area contributed by atoms with Crippen LogP contribution in [0.15, 0.2) is 53.7 Å². The van der Waals surface area contributed by atoms with E-state index in [1.54, 1.807) is 6.20 Å². The zero-order valence-corrected chi connectivity index (χ0v) is 9.30. The average molecular weight is 210 g/mol. The van der Waals surface area contributed by atoms with E-state index in [1.165, 1.54) is 11.1 Å². The molecule has 2 aromatic rings. The second-order valence-electron chi connectivity index (χ2n) is 3.65. The van der Waals surface area contributed by atoms with Gasteiger partial charge in [0.1, 0.15) is 0 Å². The minimum atomic E-state index is 0.634. The summed E-state index contributed by atoms with van der Waals surface area (Å²) in [6, 6.07) is 14.1. The molecular weight excluding hydrogens is 196 g/mol. The van der Waals surface area contributed by atoms with Crippen molar-refractivity contribution in [2.45, 2.75) is 13.5 Å². The molecule has 0 saturated heterocycles. The number of benzene rings is 1.